The van der Waals surface area contributed by atoms with Gasteiger partial charge in [0.15, 0.2) is 0 Å². The van der Waals surface area contributed by atoms with Gasteiger partial charge in [-0.2, -0.15) is 0 Å². The van der Waals surface area contributed by atoms with Crippen LogP contribution in [0.3, 0.4) is 0 Å². The number of benzene rings is 2. The van der Waals surface area contributed by atoms with Crippen LogP contribution in [0.5, 0.6) is 11.5 Å². The molecule has 0 aliphatic heterocycles. The van der Waals surface area contributed by atoms with Gasteiger partial charge < -0.3 is 14.7 Å². The minimum Gasteiger partial charge on any atom is -0.508 e. The fourth-order valence-corrected chi connectivity index (χ4v) is 6.41. The monoisotopic (exact) mass is 405 g/mol. The molecule has 0 saturated heterocycles. The quantitative estimate of drug-likeness (QED) is 0.651. The highest BCUT2D eigenvalue weighted by Gasteiger charge is 2.53. The summed E-state index contributed by atoms with van der Waals surface area (Å²) in [6.07, 6.45) is 6.95. The Balaban J connectivity index is 1.30. The molecule has 3 aliphatic carbocycles. The fourth-order valence-electron chi connectivity index (χ4n) is 6.41. The van der Waals surface area contributed by atoms with Crippen molar-refractivity contribution < 1.29 is 14.7 Å². The average Bonchev–Trinajstić information content (AvgIpc) is 3.10. The van der Waals surface area contributed by atoms with Gasteiger partial charge in [-0.1, -0.05) is 30.3 Å². The highest BCUT2D eigenvalue weighted by molar-refractivity contribution is 5.92. The number of ether oxygens (including phenoxy) is 1. The predicted octanol–water partition coefficient (Wildman–Crippen LogP) is 5.83. The molecule has 0 radical (unpaired) electrons. The first kappa shape index (κ1) is 19.5. The standard InChI is InChI=1S/C26H31NO3/c1-26-14-13-22-21-10-6-19(28)15-18(21)5-9-23(22)24(26)11-12-25(26)27-30-16-17-3-7-20(29-2)8-4-17/h3-4,6-8,10,15,22-24,28H,5,9,11-14,16H2,1-2H3/b27-25+/t22?,23-,24?,26+/m1/s1. The van der Waals surface area contributed by atoms with Crippen LogP contribution in [-0.4, -0.2) is 17.9 Å². The van der Waals surface area contributed by atoms with Crippen LogP contribution in [0.2, 0.25) is 0 Å². The van der Waals surface area contributed by atoms with Gasteiger partial charge in [-0.25, -0.2) is 0 Å². The molecule has 2 aromatic rings. The number of rotatable bonds is 4. The highest BCUT2D eigenvalue weighted by atomic mass is 16.6. The second-order valence-corrected chi connectivity index (χ2v) is 9.45. The van der Waals surface area contributed by atoms with Crippen LogP contribution in [0.4, 0.5) is 0 Å². The van der Waals surface area contributed by atoms with Gasteiger partial charge in [-0.05, 0) is 97.2 Å². The molecule has 2 fully saturated rings. The minimum atomic E-state index is 0.162. The van der Waals surface area contributed by atoms with Crippen molar-refractivity contribution in [3.63, 3.8) is 0 Å². The SMILES string of the molecule is COc1ccc(CO/N=C2\CCC3[C@@H]4CCc5cc(O)ccc5C4CC[C@]23C)cc1. The number of phenolic OH excluding ortho intramolecular Hbond substituents is 1. The van der Waals surface area contributed by atoms with Crippen LogP contribution < -0.4 is 4.74 Å². The van der Waals surface area contributed by atoms with Crippen LogP contribution >= 0.6 is 0 Å². The summed E-state index contributed by atoms with van der Waals surface area (Å²) in [6, 6.07) is 14.0. The van der Waals surface area contributed by atoms with E-state index >= 15 is 0 Å². The smallest absolute Gasteiger partial charge is 0.142 e. The zero-order chi connectivity index (χ0) is 20.7. The number of phenols is 1. The number of oxime groups is 1. The Hall–Kier alpha value is -2.49. The van der Waals surface area contributed by atoms with Gasteiger partial charge >= 0.3 is 0 Å². The van der Waals surface area contributed by atoms with E-state index in [9.17, 15) is 5.11 Å². The Morgan fingerprint density at radius 1 is 1.07 bits per heavy atom. The molecule has 0 spiro atoms. The first-order valence-corrected chi connectivity index (χ1v) is 11.2. The molecule has 2 aromatic carbocycles. The van der Waals surface area contributed by atoms with E-state index in [1.165, 1.54) is 42.5 Å². The van der Waals surface area contributed by atoms with Crippen molar-refractivity contribution in [3.8, 4) is 11.5 Å². The first-order chi connectivity index (χ1) is 14.6. The summed E-state index contributed by atoms with van der Waals surface area (Å²) in [7, 11) is 1.68. The fraction of sp³-hybridized carbons (Fsp3) is 0.500. The lowest BCUT2D eigenvalue weighted by atomic mass is 9.55. The Morgan fingerprint density at radius 2 is 1.90 bits per heavy atom. The molecule has 2 unspecified atom stereocenters. The molecule has 1 N–H and O–H groups in total. The van der Waals surface area contributed by atoms with Crippen molar-refractivity contribution in [3.05, 3.63) is 59.2 Å². The number of hydrogen-bond acceptors (Lipinski definition) is 4. The number of hydrogen-bond donors (Lipinski definition) is 1. The lowest BCUT2D eigenvalue weighted by Crippen LogP contribution is -2.42. The van der Waals surface area contributed by atoms with Crippen LogP contribution in [0.25, 0.3) is 0 Å². The van der Waals surface area contributed by atoms with Crippen molar-refractivity contribution >= 4 is 5.71 Å². The third kappa shape index (κ3) is 3.27. The summed E-state index contributed by atoms with van der Waals surface area (Å²) < 4.78 is 5.22. The maximum absolute atomic E-state index is 9.87. The van der Waals surface area contributed by atoms with Crippen molar-refractivity contribution in [2.45, 2.75) is 58.0 Å². The van der Waals surface area contributed by atoms with Gasteiger partial charge in [-0.3, -0.25) is 0 Å². The van der Waals surface area contributed by atoms with Crippen molar-refractivity contribution in [2.75, 3.05) is 7.11 Å². The maximum atomic E-state index is 9.87. The van der Waals surface area contributed by atoms with E-state index in [1.54, 1.807) is 7.11 Å². The van der Waals surface area contributed by atoms with E-state index in [1.807, 2.05) is 36.4 Å². The average molecular weight is 406 g/mol. The van der Waals surface area contributed by atoms with Gasteiger partial charge in [0.05, 0.1) is 12.8 Å². The third-order valence-corrected chi connectivity index (χ3v) is 8.02. The van der Waals surface area contributed by atoms with E-state index in [0.29, 0.717) is 24.2 Å². The number of aryl methyl sites for hydroxylation is 1. The molecule has 4 heteroatoms. The molecule has 5 rings (SSSR count). The summed E-state index contributed by atoms with van der Waals surface area (Å²) in [5.41, 5.74) is 5.36. The van der Waals surface area contributed by atoms with E-state index in [0.717, 1.165) is 30.1 Å². The van der Waals surface area contributed by atoms with E-state index in [4.69, 9.17) is 9.57 Å². The Labute approximate surface area is 178 Å². The topological polar surface area (TPSA) is 51.0 Å². The lowest BCUT2D eigenvalue weighted by molar-refractivity contribution is 0.0869. The largest absolute Gasteiger partial charge is 0.508 e. The third-order valence-electron chi connectivity index (χ3n) is 8.02. The van der Waals surface area contributed by atoms with E-state index in [-0.39, 0.29) is 5.41 Å². The normalized spacial score (nSPS) is 31.0. The summed E-state index contributed by atoms with van der Waals surface area (Å²) in [4.78, 5) is 5.82. The molecule has 3 aliphatic rings. The molecule has 30 heavy (non-hydrogen) atoms. The van der Waals surface area contributed by atoms with Gasteiger partial charge in [0, 0.05) is 5.41 Å². The zero-order valence-corrected chi connectivity index (χ0v) is 17.9. The Bertz CT molecular complexity index is 951. The number of aromatic hydroxyl groups is 1. The van der Waals surface area contributed by atoms with Crippen LogP contribution in [0.1, 0.15) is 61.6 Å². The van der Waals surface area contributed by atoms with Crippen LogP contribution in [-0.2, 0) is 17.9 Å². The van der Waals surface area contributed by atoms with Gasteiger partial charge in [-0.15, -0.1) is 0 Å². The van der Waals surface area contributed by atoms with Crippen molar-refractivity contribution in [1.29, 1.82) is 0 Å². The second-order valence-electron chi connectivity index (χ2n) is 9.45. The highest BCUT2D eigenvalue weighted by Crippen LogP contribution is 2.60. The second kappa shape index (κ2) is 7.64. The summed E-state index contributed by atoms with van der Waals surface area (Å²) >= 11 is 0. The van der Waals surface area contributed by atoms with Crippen LogP contribution in [0, 0.1) is 17.3 Å². The summed E-state index contributed by atoms with van der Waals surface area (Å²) in [5, 5.41) is 14.5. The summed E-state index contributed by atoms with van der Waals surface area (Å²) in [6.45, 7) is 2.92. The lowest BCUT2D eigenvalue weighted by Gasteiger charge is -2.49. The molecule has 2 saturated carbocycles. The molecule has 4 atom stereocenters. The van der Waals surface area contributed by atoms with Crippen molar-refractivity contribution in [1.82, 2.24) is 0 Å². The molecule has 158 valence electrons. The molecular weight excluding hydrogens is 374 g/mol. The van der Waals surface area contributed by atoms with E-state index in [2.05, 4.69) is 18.1 Å². The van der Waals surface area contributed by atoms with E-state index < -0.39 is 0 Å². The van der Waals surface area contributed by atoms with Gasteiger partial charge in [0.25, 0.3) is 0 Å². The van der Waals surface area contributed by atoms with Crippen LogP contribution in [0.15, 0.2) is 47.6 Å². The molecule has 0 bridgehead atoms. The maximum Gasteiger partial charge on any atom is 0.142 e. The predicted molar refractivity (Wildman–Crippen MR) is 118 cm³/mol. The number of methoxy groups -OCH3 is 1. The number of nitrogens with zero attached hydrogens (tertiary/aromatic N) is 1. The molecular formula is C26H31NO3. The van der Waals surface area contributed by atoms with Crippen molar-refractivity contribution in [2.24, 2.45) is 22.4 Å². The molecule has 0 heterocycles. The summed E-state index contributed by atoms with van der Waals surface area (Å²) in [5.74, 6) is 3.29. The Morgan fingerprint density at radius 3 is 2.70 bits per heavy atom. The molecule has 0 amide bonds. The minimum absolute atomic E-state index is 0.162. The van der Waals surface area contributed by atoms with Gasteiger partial charge in [0.2, 0.25) is 0 Å². The molecule has 4 nitrogen and oxygen atoms in total. The first-order valence-electron chi connectivity index (χ1n) is 11.2. The Kier molecular flexibility index (Phi) is 4.96. The van der Waals surface area contributed by atoms with Gasteiger partial charge in [0.1, 0.15) is 18.1 Å². The molecule has 0 aromatic heterocycles. The zero-order valence-electron chi connectivity index (χ0n) is 17.9. The number of fused-ring (bicyclic) bond motifs is 5.